The second kappa shape index (κ2) is 3.14. The van der Waals surface area contributed by atoms with Gasteiger partial charge in [-0.15, -0.1) is 11.8 Å². The van der Waals surface area contributed by atoms with Gasteiger partial charge in [0.2, 0.25) is 0 Å². The third kappa shape index (κ3) is 1.88. The van der Waals surface area contributed by atoms with Crippen LogP contribution in [0, 0.1) is 0 Å². The maximum Gasteiger partial charge on any atom is 0.0886 e. The zero-order chi connectivity index (χ0) is 9.53. The normalized spacial score (nSPS) is 44.1. The van der Waals surface area contributed by atoms with Crippen LogP contribution in [0.1, 0.15) is 33.6 Å². The molecule has 0 aromatic carbocycles. The van der Waals surface area contributed by atoms with Crippen molar-refractivity contribution in [3.63, 3.8) is 0 Å². The van der Waals surface area contributed by atoms with Crippen LogP contribution >= 0.6 is 11.8 Å². The zero-order valence-electron chi connectivity index (χ0n) is 8.72. The zero-order valence-corrected chi connectivity index (χ0v) is 9.54. The molecule has 0 aromatic heterocycles. The van der Waals surface area contributed by atoms with Crippen molar-refractivity contribution in [2.24, 2.45) is 0 Å². The summed E-state index contributed by atoms with van der Waals surface area (Å²) in [7, 11) is 0. The summed E-state index contributed by atoms with van der Waals surface area (Å²) in [6, 6.07) is 0. The summed E-state index contributed by atoms with van der Waals surface area (Å²) in [6.45, 7) is 7.76. The number of thioether (sulfide) groups is 1. The van der Waals surface area contributed by atoms with E-state index in [1.807, 2.05) is 11.8 Å². The molecule has 2 saturated heterocycles. The monoisotopic (exact) mass is 201 g/mol. The summed E-state index contributed by atoms with van der Waals surface area (Å²) >= 11 is 2.01. The van der Waals surface area contributed by atoms with Gasteiger partial charge in [-0.3, -0.25) is 5.32 Å². The third-order valence-electron chi connectivity index (χ3n) is 2.86. The number of hydrogen-bond acceptors (Lipinski definition) is 3. The van der Waals surface area contributed by atoms with Crippen LogP contribution in [0.25, 0.3) is 0 Å². The van der Waals surface area contributed by atoms with Crippen LogP contribution in [0.3, 0.4) is 0 Å². The van der Waals surface area contributed by atoms with Gasteiger partial charge in [0.15, 0.2) is 0 Å². The van der Waals surface area contributed by atoms with Gasteiger partial charge < -0.3 is 4.74 Å². The Labute approximate surface area is 84.8 Å². The lowest BCUT2D eigenvalue weighted by molar-refractivity contribution is 0.0675. The second-order valence-corrected chi connectivity index (χ2v) is 6.33. The molecule has 0 aliphatic carbocycles. The van der Waals surface area contributed by atoms with E-state index in [0.29, 0.717) is 6.10 Å². The Morgan fingerprint density at radius 1 is 1.38 bits per heavy atom. The van der Waals surface area contributed by atoms with Gasteiger partial charge in [-0.2, -0.15) is 0 Å². The molecule has 2 fully saturated rings. The molecule has 76 valence electrons. The van der Waals surface area contributed by atoms with Crippen molar-refractivity contribution in [2.45, 2.75) is 50.1 Å². The average Bonchev–Trinajstić information content (AvgIpc) is 2.58. The fourth-order valence-electron chi connectivity index (χ4n) is 2.26. The summed E-state index contributed by atoms with van der Waals surface area (Å²) in [5, 5.41) is 3.69. The van der Waals surface area contributed by atoms with Crippen molar-refractivity contribution in [1.29, 1.82) is 0 Å². The molecule has 13 heavy (non-hydrogen) atoms. The number of ether oxygens (including phenoxy) is 1. The first-order valence-electron chi connectivity index (χ1n) is 5.07. The van der Waals surface area contributed by atoms with Crippen LogP contribution in [0.5, 0.6) is 0 Å². The molecule has 2 nitrogen and oxygen atoms in total. The molecular weight excluding hydrogens is 182 g/mol. The third-order valence-corrected chi connectivity index (χ3v) is 4.69. The second-order valence-electron chi connectivity index (χ2n) is 4.91. The van der Waals surface area contributed by atoms with Crippen molar-refractivity contribution < 1.29 is 4.74 Å². The summed E-state index contributed by atoms with van der Waals surface area (Å²) in [4.78, 5) is 0.153. The Bertz CT molecular complexity index is 201. The van der Waals surface area contributed by atoms with E-state index in [1.165, 1.54) is 18.6 Å². The highest BCUT2D eigenvalue weighted by Crippen LogP contribution is 2.41. The molecule has 2 aliphatic heterocycles. The first kappa shape index (κ1) is 9.81. The molecule has 2 aliphatic rings. The number of rotatable bonds is 1. The minimum Gasteiger partial charge on any atom is -0.375 e. The quantitative estimate of drug-likeness (QED) is 0.701. The van der Waals surface area contributed by atoms with Gasteiger partial charge in [0.25, 0.3) is 0 Å². The molecule has 0 radical (unpaired) electrons. The molecule has 0 bridgehead atoms. The molecular formula is C10H19NOS. The summed E-state index contributed by atoms with van der Waals surface area (Å²) in [5.41, 5.74) is 0.269. The Balaban J connectivity index is 2.05. The predicted molar refractivity (Wildman–Crippen MR) is 57.1 cm³/mol. The van der Waals surface area contributed by atoms with Gasteiger partial charge in [0, 0.05) is 17.9 Å². The van der Waals surface area contributed by atoms with E-state index in [9.17, 15) is 0 Å². The molecule has 2 rings (SSSR count). The lowest BCUT2D eigenvalue weighted by atomic mass is 10.0. The maximum atomic E-state index is 5.75. The van der Waals surface area contributed by atoms with E-state index in [2.05, 4.69) is 26.1 Å². The molecule has 0 aromatic rings. The molecule has 0 amide bonds. The Hall–Kier alpha value is 0.270. The first-order chi connectivity index (χ1) is 6.02. The van der Waals surface area contributed by atoms with E-state index < -0.39 is 0 Å². The highest BCUT2D eigenvalue weighted by molar-refractivity contribution is 8.01. The van der Waals surface area contributed by atoms with Gasteiger partial charge in [-0.1, -0.05) is 0 Å². The van der Waals surface area contributed by atoms with Crippen molar-refractivity contribution >= 4 is 11.8 Å². The highest BCUT2D eigenvalue weighted by atomic mass is 32.2. The highest BCUT2D eigenvalue weighted by Gasteiger charge is 2.46. The van der Waals surface area contributed by atoms with E-state index in [0.717, 1.165) is 6.61 Å². The fraction of sp³-hybridized carbons (Fsp3) is 1.00. The molecule has 2 unspecified atom stereocenters. The van der Waals surface area contributed by atoms with Crippen LogP contribution < -0.4 is 5.32 Å². The van der Waals surface area contributed by atoms with E-state index in [-0.39, 0.29) is 10.4 Å². The minimum atomic E-state index is 0.153. The molecule has 1 N–H and O–H groups in total. The SMILES string of the molecule is CC1(C)CSC(C)(C2CCCO2)N1. The summed E-state index contributed by atoms with van der Waals surface area (Å²) < 4.78 is 5.75. The van der Waals surface area contributed by atoms with Gasteiger partial charge in [-0.25, -0.2) is 0 Å². The molecule has 2 heterocycles. The predicted octanol–water partition coefficient (Wildman–Crippen LogP) is 2.00. The van der Waals surface area contributed by atoms with Crippen LogP contribution in [0.2, 0.25) is 0 Å². The summed E-state index contributed by atoms with van der Waals surface area (Å²) in [6.07, 6.45) is 2.86. The Kier molecular flexibility index (Phi) is 2.37. The number of hydrogen-bond donors (Lipinski definition) is 1. The molecule has 2 atom stereocenters. The average molecular weight is 201 g/mol. The molecule has 0 saturated carbocycles. The van der Waals surface area contributed by atoms with Crippen molar-refractivity contribution in [3.05, 3.63) is 0 Å². The van der Waals surface area contributed by atoms with Gasteiger partial charge in [0.05, 0.1) is 11.0 Å². The lowest BCUT2D eigenvalue weighted by Crippen LogP contribution is -2.51. The van der Waals surface area contributed by atoms with Gasteiger partial charge in [-0.05, 0) is 33.6 Å². The molecule has 0 spiro atoms. The van der Waals surface area contributed by atoms with E-state index >= 15 is 0 Å². The van der Waals surface area contributed by atoms with E-state index in [4.69, 9.17) is 4.74 Å². The van der Waals surface area contributed by atoms with Crippen molar-refractivity contribution in [2.75, 3.05) is 12.4 Å². The van der Waals surface area contributed by atoms with Gasteiger partial charge in [0.1, 0.15) is 0 Å². The Morgan fingerprint density at radius 3 is 2.62 bits per heavy atom. The fourth-order valence-corrected chi connectivity index (χ4v) is 3.71. The standard InChI is InChI=1S/C10H19NOS/c1-9(2)7-13-10(3,11-9)8-5-4-6-12-8/h8,11H,4-7H2,1-3H3. The van der Waals surface area contributed by atoms with Crippen LogP contribution in [0.4, 0.5) is 0 Å². The van der Waals surface area contributed by atoms with Crippen molar-refractivity contribution in [3.8, 4) is 0 Å². The summed E-state index contributed by atoms with van der Waals surface area (Å²) in [5.74, 6) is 1.18. The van der Waals surface area contributed by atoms with Crippen LogP contribution in [-0.4, -0.2) is 28.9 Å². The van der Waals surface area contributed by atoms with Gasteiger partial charge >= 0.3 is 0 Å². The smallest absolute Gasteiger partial charge is 0.0886 e. The largest absolute Gasteiger partial charge is 0.375 e. The lowest BCUT2D eigenvalue weighted by Gasteiger charge is -2.32. The Morgan fingerprint density at radius 2 is 2.15 bits per heavy atom. The van der Waals surface area contributed by atoms with Crippen LogP contribution in [0.15, 0.2) is 0 Å². The van der Waals surface area contributed by atoms with E-state index in [1.54, 1.807) is 0 Å². The first-order valence-corrected chi connectivity index (χ1v) is 6.05. The van der Waals surface area contributed by atoms with Crippen molar-refractivity contribution in [1.82, 2.24) is 5.32 Å². The number of nitrogens with one attached hydrogen (secondary N) is 1. The maximum absolute atomic E-state index is 5.75. The molecule has 3 heteroatoms. The topological polar surface area (TPSA) is 21.3 Å². The van der Waals surface area contributed by atoms with Crippen LogP contribution in [-0.2, 0) is 4.74 Å². The minimum absolute atomic E-state index is 0.153.